The van der Waals surface area contributed by atoms with Crippen LogP contribution in [0, 0.1) is 5.92 Å². The maximum atomic E-state index is 13.4. The molecule has 224 valence electrons. The van der Waals surface area contributed by atoms with E-state index in [1.807, 2.05) is 11.5 Å². The van der Waals surface area contributed by atoms with Crippen molar-refractivity contribution >= 4 is 22.8 Å². The van der Waals surface area contributed by atoms with E-state index in [-0.39, 0.29) is 5.92 Å². The summed E-state index contributed by atoms with van der Waals surface area (Å²) >= 11 is 0. The number of hydrogen-bond acceptors (Lipinski definition) is 5. The van der Waals surface area contributed by atoms with Crippen molar-refractivity contribution in [2.75, 3.05) is 19.6 Å². The van der Waals surface area contributed by atoms with Crippen LogP contribution < -0.4 is 0 Å². The summed E-state index contributed by atoms with van der Waals surface area (Å²) in [5.74, 6) is -3.12. The molecule has 2 aromatic carbocycles. The molecule has 1 aliphatic heterocycles. The number of aryl methyl sites for hydroxylation is 1. The van der Waals surface area contributed by atoms with Gasteiger partial charge in [-0.2, -0.15) is 13.2 Å². The molecule has 0 saturated carbocycles. The molecule has 0 spiro atoms. The van der Waals surface area contributed by atoms with E-state index in [1.54, 1.807) is 24.8 Å². The molecule has 1 unspecified atom stereocenters. The lowest BCUT2D eigenvalue weighted by molar-refractivity contribution is -0.159. The molecule has 3 heterocycles. The van der Waals surface area contributed by atoms with Gasteiger partial charge >= 0.3 is 18.1 Å². The van der Waals surface area contributed by atoms with Gasteiger partial charge in [0.25, 0.3) is 0 Å². The van der Waals surface area contributed by atoms with Gasteiger partial charge in [0.05, 0.1) is 5.56 Å². The van der Waals surface area contributed by atoms with Gasteiger partial charge in [-0.05, 0) is 86.0 Å². The highest BCUT2D eigenvalue weighted by Gasteiger charge is 2.34. The van der Waals surface area contributed by atoms with Gasteiger partial charge in [-0.3, -0.25) is 4.57 Å². The minimum Gasteiger partial charge on any atom is -0.473 e. The maximum Gasteiger partial charge on any atom is 0.416 e. The summed E-state index contributed by atoms with van der Waals surface area (Å²) in [6, 6.07) is 12.3. The Morgan fingerprint density at radius 2 is 1.71 bits per heavy atom. The van der Waals surface area contributed by atoms with Crippen LogP contribution in [0.2, 0.25) is 0 Å². The van der Waals surface area contributed by atoms with Crippen LogP contribution in [-0.2, 0) is 22.2 Å². The number of aromatic nitrogens is 4. The molecule has 1 saturated heterocycles. The Bertz CT molecular complexity index is 1470. The Hall–Kier alpha value is -4.19. The molecule has 0 amide bonds. The van der Waals surface area contributed by atoms with Gasteiger partial charge in [0.15, 0.2) is 0 Å². The van der Waals surface area contributed by atoms with Crippen LogP contribution in [0.4, 0.5) is 13.2 Å². The van der Waals surface area contributed by atoms with Crippen molar-refractivity contribution in [3.8, 4) is 5.69 Å². The fourth-order valence-electron chi connectivity index (χ4n) is 5.58. The number of benzene rings is 2. The quantitative estimate of drug-likeness (QED) is 0.225. The van der Waals surface area contributed by atoms with Crippen LogP contribution in [0.3, 0.4) is 0 Å². The number of aliphatic carboxylic acids is 2. The molecule has 0 bridgehead atoms. The van der Waals surface area contributed by atoms with Crippen LogP contribution in [0.1, 0.15) is 55.2 Å². The number of carboxylic acid groups (broad SMARTS) is 2. The minimum absolute atomic E-state index is 0.149. The van der Waals surface area contributed by atoms with Gasteiger partial charge in [-0.25, -0.2) is 9.59 Å². The van der Waals surface area contributed by atoms with Crippen LogP contribution in [-0.4, -0.2) is 66.4 Å². The predicted octanol–water partition coefficient (Wildman–Crippen LogP) is 5.76. The third-order valence-corrected chi connectivity index (χ3v) is 7.75. The second-order valence-electron chi connectivity index (χ2n) is 10.6. The predicted molar refractivity (Wildman–Crippen MR) is 150 cm³/mol. The average molecular weight is 586 g/mol. The highest BCUT2D eigenvalue weighted by molar-refractivity contribution is 6.27. The summed E-state index contributed by atoms with van der Waals surface area (Å²) in [5, 5.41) is 23.8. The van der Waals surface area contributed by atoms with E-state index in [9.17, 15) is 13.2 Å². The summed E-state index contributed by atoms with van der Waals surface area (Å²) in [5.41, 5.74) is 3.41. The van der Waals surface area contributed by atoms with Gasteiger partial charge in [-0.1, -0.05) is 31.5 Å². The normalized spacial score (nSPS) is 15.2. The van der Waals surface area contributed by atoms with Gasteiger partial charge in [0, 0.05) is 29.3 Å². The molecule has 1 atom stereocenters. The van der Waals surface area contributed by atoms with Crippen LogP contribution in [0.25, 0.3) is 16.6 Å². The molecular formula is C30H34F3N5O4. The van der Waals surface area contributed by atoms with Gasteiger partial charge < -0.3 is 20.1 Å². The van der Waals surface area contributed by atoms with Crippen LogP contribution in [0.15, 0.2) is 61.3 Å². The summed E-state index contributed by atoms with van der Waals surface area (Å²) < 4.78 is 42.1. The number of aromatic amines is 1. The first-order chi connectivity index (χ1) is 20.0. The first-order valence-corrected chi connectivity index (χ1v) is 13.8. The van der Waals surface area contributed by atoms with Crippen molar-refractivity contribution in [3.05, 3.63) is 78.0 Å². The van der Waals surface area contributed by atoms with E-state index in [1.165, 1.54) is 29.5 Å². The number of fused-ring (bicyclic) bond motifs is 1. The standard InChI is InChI=1S/C28H32F3N5.C2H2O4/c1-20(24-7-2-3-8-26(24)28(29,30)31)17-35-13-11-21(12-14-35)5-4-6-22-16-32-27-10-9-23(15-25(22)27)36-18-33-34-19-36;3-1(4)2(5)6/h2-3,7-10,15-16,18-21,32H,4-6,11-14,17H2,1H3;(H,3,4)(H,5,6). The summed E-state index contributed by atoms with van der Waals surface area (Å²) in [6.45, 7) is 4.49. The molecule has 1 fully saturated rings. The van der Waals surface area contributed by atoms with E-state index in [0.717, 1.165) is 50.0 Å². The summed E-state index contributed by atoms with van der Waals surface area (Å²) in [4.78, 5) is 23.9. The first-order valence-electron chi connectivity index (χ1n) is 13.8. The zero-order valence-corrected chi connectivity index (χ0v) is 23.2. The molecule has 2 aromatic heterocycles. The molecule has 4 aromatic rings. The number of carboxylic acids is 2. The minimum atomic E-state index is -4.30. The van der Waals surface area contributed by atoms with Crippen molar-refractivity contribution < 1.29 is 33.0 Å². The Labute approximate surface area is 241 Å². The number of rotatable bonds is 8. The Morgan fingerprint density at radius 3 is 2.36 bits per heavy atom. The number of nitrogens with one attached hydrogen (secondary N) is 1. The Morgan fingerprint density at radius 1 is 1.05 bits per heavy atom. The SMILES string of the molecule is CC(CN1CCC(CCCc2c[nH]c3ccc(-n4cnnc4)cc23)CC1)c1ccccc1C(F)(F)F.O=C(O)C(=O)O. The number of H-pyrrole nitrogens is 1. The Balaban J connectivity index is 0.000000612. The number of hydrogen-bond donors (Lipinski definition) is 3. The summed E-state index contributed by atoms with van der Waals surface area (Å²) in [7, 11) is 0. The lowest BCUT2D eigenvalue weighted by Gasteiger charge is -2.34. The number of halogens is 3. The van der Waals surface area contributed by atoms with Crippen molar-refractivity contribution in [2.45, 2.75) is 51.1 Å². The van der Waals surface area contributed by atoms with E-state index >= 15 is 0 Å². The zero-order valence-electron chi connectivity index (χ0n) is 23.2. The van der Waals surface area contributed by atoms with E-state index in [2.05, 4.69) is 44.5 Å². The first kappa shape index (κ1) is 30.8. The van der Waals surface area contributed by atoms with Crippen molar-refractivity contribution in [1.82, 2.24) is 24.6 Å². The van der Waals surface area contributed by atoms with E-state index in [0.29, 0.717) is 18.0 Å². The fraction of sp³-hybridized carbons (Fsp3) is 0.400. The summed E-state index contributed by atoms with van der Waals surface area (Å²) in [6.07, 6.45) is 6.77. The van der Waals surface area contributed by atoms with Crippen LogP contribution in [0.5, 0.6) is 0 Å². The topological polar surface area (TPSA) is 124 Å². The lowest BCUT2D eigenvalue weighted by Crippen LogP contribution is -2.36. The largest absolute Gasteiger partial charge is 0.473 e. The van der Waals surface area contributed by atoms with Crippen LogP contribution >= 0.6 is 0 Å². The molecule has 3 N–H and O–H groups in total. The monoisotopic (exact) mass is 585 g/mol. The molecular weight excluding hydrogens is 551 g/mol. The lowest BCUT2D eigenvalue weighted by atomic mass is 9.89. The molecule has 12 heteroatoms. The second kappa shape index (κ2) is 13.6. The van der Waals surface area contributed by atoms with Gasteiger partial charge in [-0.15, -0.1) is 10.2 Å². The van der Waals surface area contributed by atoms with Gasteiger partial charge in [0.1, 0.15) is 12.7 Å². The fourth-order valence-corrected chi connectivity index (χ4v) is 5.58. The highest BCUT2D eigenvalue weighted by atomic mass is 19.4. The molecule has 5 rings (SSSR count). The van der Waals surface area contributed by atoms with E-state index in [4.69, 9.17) is 19.8 Å². The van der Waals surface area contributed by atoms with Crippen molar-refractivity contribution in [3.63, 3.8) is 0 Å². The molecule has 42 heavy (non-hydrogen) atoms. The molecule has 0 aliphatic carbocycles. The van der Waals surface area contributed by atoms with Gasteiger partial charge in [0.2, 0.25) is 0 Å². The zero-order chi connectivity index (χ0) is 30.3. The number of carbonyl (C=O) groups is 2. The number of likely N-dealkylation sites (tertiary alicyclic amines) is 1. The molecule has 1 aliphatic rings. The molecule has 0 radical (unpaired) electrons. The average Bonchev–Trinajstić information content (AvgIpc) is 3.64. The van der Waals surface area contributed by atoms with E-state index < -0.39 is 23.7 Å². The van der Waals surface area contributed by atoms with Crippen molar-refractivity contribution in [1.29, 1.82) is 0 Å². The number of piperidine rings is 1. The third-order valence-electron chi connectivity index (χ3n) is 7.75. The second-order valence-corrected chi connectivity index (χ2v) is 10.6. The number of nitrogens with zero attached hydrogens (tertiary/aromatic N) is 4. The number of alkyl halides is 3. The highest BCUT2D eigenvalue weighted by Crippen LogP contribution is 2.36. The Kier molecular flexibility index (Phi) is 10.00. The van der Waals surface area contributed by atoms with Crippen molar-refractivity contribution in [2.24, 2.45) is 5.92 Å². The maximum absolute atomic E-state index is 13.4. The molecule has 9 nitrogen and oxygen atoms in total. The smallest absolute Gasteiger partial charge is 0.416 e. The third kappa shape index (κ3) is 7.96.